The number of rotatable bonds is 2. The van der Waals surface area contributed by atoms with Gasteiger partial charge in [0, 0.05) is 18.7 Å². The molecule has 0 saturated carbocycles. The molecular formula is C16H18N2. The fourth-order valence-electron chi connectivity index (χ4n) is 2.84. The number of hydrogen-bond acceptors (Lipinski definition) is 2. The third-order valence-corrected chi connectivity index (χ3v) is 3.87. The van der Waals surface area contributed by atoms with Gasteiger partial charge in [-0.25, -0.2) is 0 Å². The fraction of sp³-hybridized carbons (Fsp3) is 0.250. The van der Waals surface area contributed by atoms with Gasteiger partial charge in [0.05, 0.1) is 6.17 Å². The molecule has 0 aliphatic carbocycles. The van der Waals surface area contributed by atoms with E-state index in [1.165, 1.54) is 16.8 Å². The van der Waals surface area contributed by atoms with E-state index in [9.17, 15) is 0 Å². The molecule has 18 heavy (non-hydrogen) atoms. The number of anilines is 1. The number of fused-ring (bicyclic) bond motifs is 1. The molecule has 0 aromatic heterocycles. The highest BCUT2D eigenvalue weighted by Crippen LogP contribution is 2.39. The molecule has 0 fully saturated rings. The van der Waals surface area contributed by atoms with Gasteiger partial charge in [0.1, 0.15) is 0 Å². The Bertz CT molecular complexity index is 536. The number of likely N-dealkylation sites (N-methyl/N-ethyl adjacent to an activating group) is 1. The van der Waals surface area contributed by atoms with Gasteiger partial charge < -0.3 is 10.6 Å². The molecule has 2 unspecified atom stereocenters. The maximum absolute atomic E-state index is 6.35. The van der Waals surface area contributed by atoms with E-state index in [0.717, 1.165) is 6.42 Å². The average molecular weight is 238 g/mol. The highest BCUT2D eigenvalue weighted by Gasteiger charge is 2.33. The van der Waals surface area contributed by atoms with Crippen molar-refractivity contribution >= 4 is 5.69 Å². The van der Waals surface area contributed by atoms with Gasteiger partial charge in [0.25, 0.3) is 0 Å². The lowest BCUT2D eigenvalue weighted by Gasteiger charge is -2.22. The molecule has 0 amide bonds. The molecule has 2 N–H and O–H groups in total. The van der Waals surface area contributed by atoms with Crippen molar-refractivity contribution in [3.05, 3.63) is 65.7 Å². The second-order valence-electron chi connectivity index (χ2n) is 4.96. The van der Waals surface area contributed by atoms with Crippen molar-refractivity contribution < 1.29 is 0 Å². The fourth-order valence-corrected chi connectivity index (χ4v) is 2.84. The first kappa shape index (κ1) is 11.3. The highest BCUT2D eigenvalue weighted by molar-refractivity contribution is 5.61. The Morgan fingerprint density at radius 1 is 1.00 bits per heavy atom. The summed E-state index contributed by atoms with van der Waals surface area (Å²) in [5.74, 6) is 0.383. The predicted octanol–water partition coefficient (Wildman–Crippen LogP) is 2.75. The molecule has 0 saturated heterocycles. The van der Waals surface area contributed by atoms with Gasteiger partial charge in [-0.15, -0.1) is 0 Å². The number of nitrogens with two attached hydrogens (primary N) is 1. The number of nitrogens with zero attached hydrogens (tertiary/aromatic N) is 1. The number of para-hydroxylation sites is 1. The third kappa shape index (κ3) is 1.79. The van der Waals surface area contributed by atoms with Crippen LogP contribution in [0.15, 0.2) is 54.6 Å². The van der Waals surface area contributed by atoms with Gasteiger partial charge in [-0.05, 0) is 23.6 Å². The molecule has 2 atom stereocenters. The van der Waals surface area contributed by atoms with Gasteiger partial charge in [-0.1, -0.05) is 48.5 Å². The van der Waals surface area contributed by atoms with Crippen molar-refractivity contribution in [3.8, 4) is 0 Å². The molecule has 2 heteroatoms. The van der Waals surface area contributed by atoms with Crippen LogP contribution in [0.25, 0.3) is 0 Å². The minimum atomic E-state index is 0.0719. The van der Waals surface area contributed by atoms with E-state index in [2.05, 4.69) is 66.5 Å². The number of benzene rings is 2. The zero-order chi connectivity index (χ0) is 12.5. The Kier molecular flexibility index (Phi) is 2.80. The Morgan fingerprint density at radius 3 is 2.44 bits per heavy atom. The van der Waals surface area contributed by atoms with Crippen molar-refractivity contribution in [2.75, 3.05) is 11.9 Å². The Labute approximate surface area is 108 Å². The Balaban J connectivity index is 1.93. The zero-order valence-electron chi connectivity index (χ0n) is 10.6. The van der Waals surface area contributed by atoms with E-state index in [1.54, 1.807) is 0 Å². The molecule has 3 rings (SSSR count). The van der Waals surface area contributed by atoms with Gasteiger partial charge in [-0.2, -0.15) is 0 Å². The second-order valence-corrected chi connectivity index (χ2v) is 4.96. The smallest absolute Gasteiger partial charge is 0.0841 e. The van der Waals surface area contributed by atoms with Gasteiger partial charge in [0.15, 0.2) is 0 Å². The minimum Gasteiger partial charge on any atom is -0.358 e. The van der Waals surface area contributed by atoms with E-state index in [4.69, 9.17) is 5.73 Å². The van der Waals surface area contributed by atoms with Crippen LogP contribution in [-0.4, -0.2) is 13.2 Å². The maximum atomic E-state index is 6.35. The number of hydrogen-bond donors (Lipinski definition) is 1. The summed E-state index contributed by atoms with van der Waals surface area (Å²) in [5.41, 5.74) is 10.3. The van der Waals surface area contributed by atoms with Crippen molar-refractivity contribution in [2.45, 2.75) is 18.5 Å². The summed E-state index contributed by atoms with van der Waals surface area (Å²) in [6.07, 6.45) is 1.08. The van der Waals surface area contributed by atoms with Crippen LogP contribution in [0.4, 0.5) is 5.69 Å². The van der Waals surface area contributed by atoms with Crippen LogP contribution in [0.3, 0.4) is 0 Å². The summed E-state index contributed by atoms with van der Waals surface area (Å²) in [5, 5.41) is 0. The molecule has 92 valence electrons. The van der Waals surface area contributed by atoms with E-state index in [-0.39, 0.29) is 6.17 Å². The molecular weight excluding hydrogens is 220 g/mol. The van der Waals surface area contributed by atoms with Crippen molar-refractivity contribution in [2.24, 2.45) is 5.73 Å². The minimum absolute atomic E-state index is 0.0719. The standard InChI is InChI=1S/C16H18N2/c1-18-15-10-6-5-9-13(15)14(16(18)17)11-12-7-3-2-4-8-12/h2-10,14,16H,11,17H2,1H3. The topological polar surface area (TPSA) is 29.3 Å². The molecule has 2 aromatic carbocycles. The van der Waals surface area contributed by atoms with E-state index in [0.29, 0.717) is 5.92 Å². The Morgan fingerprint density at radius 2 is 1.67 bits per heavy atom. The molecule has 1 aliphatic rings. The molecule has 2 aromatic rings. The van der Waals surface area contributed by atoms with Crippen molar-refractivity contribution in [3.63, 3.8) is 0 Å². The maximum Gasteiger partial charge on any atom is 0.0841 e. The van der Waals surface area contributed by atoms with Crippen LogP contribution in [0.2, 0.25) is 0 Å². The van der Waals surface area contributed by atoms with Crippen molar-refractivity contribution in [1.29, 1.82) is 0 Å². The summed E-state index contributed by atoms with van der Waals surface area (Å²) in [6, 6.07) is 19.1. The lowest BCUT2D eigenvalue weighted by atomic mass is 9.92. The molecule has 0 bridgehead atoms. The molecule has 1 aliphatic heterocycles. The lowest BCUT2D eigenvalue weighted by molar-refractivity contribution is 0.559. The Hall–Kier alpha value is -1.80. The van der Waals surface area contributed by atoms with Crippen LogP contribution in [0.5, 0.6) is 0 Å². The molecule has 0 radical (unpaired) electrons. The van der Waals surface area contributed by atoms with Crippen LogP contribution in [0, 0.1) is 0 Å². The zero-order valence-corrected chi connectivity index (χ0v) is 10.6. The monoisotopic (exact) mass is 238 g/mol. The first-order valence-corrected chi connectivity index (χ1v) is 6.38. The molecule has 1 heterocycles. The van der Waals surface area contributed by atoms with Crippen LogP contribution < -0.4 is 10.6 Å². The lowest BCUT2D eigenvalue weighted by Crippen LogP contribution is -2.39. The summed E-state index contributed by atoms with van der Waals surface area (Å²) in [7, 11) is 2.08. The predicted molar refractivity (Wildman–Crippen MR) is 75.7 cm³/mol. The SMILES string of the molecule is CN1c2ccccc2C(Cc2ccccc2)C1N. The van der Waals surface area contributed by atoms with Gasteiger partial charge in [-0.3, -0.25) is 0 Å². The summed E-state index contributed by atoms with van der Waals surface area (Å²) in [4.78, 5) is 2.18. The van der Waals surface area contributed by atoms with E-state index in [1.807, 2.05) is 0 Å². The van der Waals surface area contributed by atoms with E-state index >= 15 is 0 Å². The van der Waals surface area contributed by atoms with Gasteiger partial charge >= 0.3 is 0 Å². The third-order valence-electron chi connectivity index (χ3n) is 3.87. The van der Waals surface area contributed by atoms with Crippen LogP contribution in [0.1, 0.15) is 17.0 Å². The molecule has 2 nitrogen and oxygen atoms in total. The summed E-state index contributed by atoms with van der Waals surface area (Å²) >= 11 is 0. The first-order chi connectivity index (χ1) is 8.77. The van der Waals surface area contributed by atoms with Crippen LogP contribution in [-0.2, 0) is 6.42 Å². The quantitative estimate of drug-likeness (QED) is 0.871. The normalized spacial score (nSPS) is 22.0. The highest BCUT2D eigenvalue weighted by atomic mass is 15.2. The summed E-state index contributed by atoms with van der Waals surface area (Å²) < 4.78 is 0. The first-order valence-electron chi connectivity index (χ1n) is 6.38. The van der Waals surface area contributed by atoms with Gasteiger partial charge in [0.2, 0.25) is 0 Å². The second kappa shape index (κ2) is 4.46. The largest absolute Gasteiger partial charge is 0.358 e. The van der Waals surface area contributed by atoms with E-state index < -0.39 is 0 Å². The van der Waals surface area contributed by atoms with Crippen molar-refractivity contribution in [1.82, 2.24) is 0 Å². The summed E-state index contributed by atoms with van der Waals surface area (Å²) in [6.45, 7) is 0. The molecule has 0 spiro atoms. The average Bonchev–Trinajstić information content (AvgIpc) is 2.66. The van der Waals surface area contributed by atoms with Crippen LogP contribution >= 0.6 is 0 Å².